The average Bonchev–Trinajstić information content (AvgIpc) is 2.97. The third kappa shape index (κ3) is 4.63. The Morgan fingerprint density at radius 3 is 2.68 bits per heavy atom. The smallest absolute Gasteiger partial charge is 0.142 e. The maximum atomic E-state index is 11.2. The summed E-state index contributed by atoms with van der Waals surface area (Å²) in [5, 5.41) is 6.93. The molecule has 1 atom stereocenters. The number of nitrogens with two attached hydrogens (primary N) is 1. The van der Waals surface area contributed by atoms with E-state index in [4.69, 9.17) is 21.0 Å². The standard InChI is InChI=1S/C15H15ClN4O2S2.H2S/c1-20(10-5-7-11(8-6-10)24(17)21)23-22-19-14-4-2-3-12-13(16)9-18-15(12)14;/h2-9,18-19H,17H2,1H3;1H2. The van der Waals surface area contributed by atoms with Crippen LogP contribution in [0, 0.1) is 0 Å². The lowest BCUT2D eigenvalue weighted by molar-refractivity contribution is 0.477. The SMILES string of the molecule is CN(SONc1cccc2c(Cl)c[nH]c12)c1ccc(S(N)=O)cc1.S. The van der Waals surface area contributed by atoms with Crippen molar-refractivity contribution >= 4 is 70.6 Å². The first-order valence-corrected chi connectivity index (χ1v) is 9.20. The molecule has 0 radical (unpaired) electrons. The molecule has 3 rings (SSSR count). The molecule has 10 heteroatoms. The molecule has 4 N–H and O–H groups in total. The Balaban J connectivity index is 0.00000225. The molecule has 1 aromatic heterocycles. The van der Waals surface area contributed by atoms with E-state index < -0.39 is 11.0 Å². The van der Waals surface area contributed by atoms with Crippen molar-refractivity contribution < 1.29 is 8.49 Å². The molecular formula is C15H17ClN4O2S3. The van der Waals surface area contributed by atoms with Crippen LogP contribution in [-0.2, 0) is 15.3 Å². The Labute approximate surface area is 164 Å². The molecular weight excluding hydrogens is 400 g/mol. The van der Waals surface area contributed by atoms with Crippen LogP contribution in [0.3, 0.4) is 0 Å². The molecule has 0 spiro atoms. The van der Waals surface area contributed by atoms with Crippen LogP contribution < -0.4 is 14.9 Å². The second-order valence-electron chi connectivity index (χ2n) is 4.91. The fourth-order valence-electron chi connectivity index (χ4n) is 2.16. The Bertz CT molecular complexity index is 873. The van der Waals surface area contributed by atoms with Crippen LogP contribution in [0.15, 0.2) is 53.6 Å². The number of nitrogens with one attached hydrogen (secondary N) is 2. The highest BCUT2D eigenvalue weighted by molar-refractivity contribution is 7.96. The lowest BCUT2D eigenvalue weighted by atomic mass is 10.2. The molecule has 0 amide bonds. The first-order chi connectivity index (χ1) is 11.6. The van der Waals surface area contributed by atoms with Gasteiger partial charge in [0.2, 0.25) is 0 Å². The number of para-hydroxylation sites is 1. The Morgan fingerprint density at radius 2 is 2.00 bits per heavy atom. The van der Waals surface area contributed by atoms with Gasteiger partial charge in [-0.25, -0.2) is 9.35 Å². The summed E-state index contributed by atoms with van der Waals surface area (Å²) < 4.78 is 18.5. The van der Waals surface area contributed by atoms with Crippen LogP contribution in [0.25, 0.3) is 10.9 Å². The second kappa shape index (κ2) is 8.84. The summed E-state index contributed by atoms with van der Waals surface area (Å²) in [7, 11) is 0.379. The van der Waals surface area contributed by atoms with Crippen molar-refractivity contribution in [3.05, 3.63) is 53.7 Å². The Morgan fingerprint density at radius 1 is 1.28 bits per heavy atom. The maximum absolute atomic E-state index is 11.2. The van der Waals surface area contributed by atoms with Gasteiger partial charge in [0.15, 0.2) is 0 Å². The summed E-state index contributed by atoms with van der Waals surface area (Å²) in [5.74, 6) is 0. The number of halogens is 1. The molecule has 1 heterocycles. The minimum atomic E-state index is -1.48. The van der Waals surface area contributed by atoms with Gasteiger partial charge in [0.25, 0.3) is 0 Å². The van der Waals surface area contributed by atoms with Crippen LogP contribution in [0.4, 0.5) is 11.4 Å². The van der Waals surface area contributed by atoms with Gasteiger partial charge >= 0.3 is 0 Å². The number of benzene rings is 2. The summed E-state index contributed by atoms with van der Waals surface area (Å²) in [5.41, 5.74) is 5.44. The summed E-state index contributed by atoms with van der Waals surface area (Å²) in [6.45, 7) is 0. The molecule has 2 aromatic carbocycles. The van der Waals surface area contributed by atoms with Gasteiger partial charge in [0, 0.05) is 24.3 Å². The second-order valence-corrected chi connectivity index (χ2v) is 7.25. The molecule has 0 aliphatic rings. The highest BCUT2D eigenvalue weighted by Crippen LogP contribution is 2.29. The van der Waals surface area contributed by atoms with Gasteiger partial charge in [0.1, 0.15) is 23.2 Å². The third-order valence-electron chi connectivity index (χ3n) is 3.40. The number of H-pyrrole nitrogens is 1. The normalized spacial score (nSPS) is 11.8. The lowest BCUT2D eigenvalue weighted by Crippen LogP contribution is -2.10. The van der Waals surface area contributed by atoms with E-state index in [0.29, 0.717) is 9.92 Å². The molecule has 134 valence electrons. The number of hydrogen-bond donors (Lipinski definition) is 3. The number of fused-ring (bicyclic) bond motifs is 1. The first kappa shape index (κ1) is 20.0. The van der Waals surface area contributed by atoms with E-state index in [1.54, 1.807) is 18.3 Å². The van der Waals surface area contributed by atoms with Gasteiger partial charge in [0.05, 0.1) is 21.1 Å². The summed E-state index contributed by atoms with van der Waals surface area (Å²) in [6, 6.07) is 12.8. The number of anilines is 2. The fraction of sp³-hybridized carbons (Fsp3) is 0.0667. The van der Waals surface area contributed by atoms with E-state index in [1.807, 2.05) is 41.7 Å². The highest BCUT2D eigenvalue weighted by Gasteiger charge is 2.08. The van der Waals surface area contributed by atoms with Crippen molar-refractivity contribution in [2.45, 2.75) is 4.90 Å². The predicted octanol–water partition coefficient (Wildman–Crippen LogP) is 3.96. The monoisotopic (exact) mass is 416 g/mol. The molecule has 0 saturated carbocycles. The van der Waals surface area contributed by atoms with E-state index in [9.17, 15) is 4.21 Å². The Kier molecular flexibility index (Phi) is 7.05. The third-order valence-corrected chi connectivity index (χ3v) is 5.04. The van der Waals surface area contributed by atoms with Crippen molar-refractivity contribution in [3.63, 3.8) is 0 Å². The summed E-state index contributed by atoms with van der Waals surface area (Å²) in [6.07, 6.45) is 1.74. The zero-order valence-corrected chi connectivity index (χ0v) is 16.5. The molecule has 3 aromatic rings. The molecule has 0 saturated heterocycles. The predicted molar refractivity (Wildman–Crippen MR) is 111 cm³/mol. The lowest BCUT2D eigenvalue weighted by Gasteiger charge is -2.17. The van der Waals surface area contributed by atoms with E-state index in [0.717, 1.165) is 34.5 Å². The average molecular weight is 417 g/mol. The van der Waals surface area contributed by atoms with Gasteiger partial charge < -0.3 is 4.98 Å². The van der Waals surface area contributed by atoms with E-state index >= 15 is 0 Å². The zero-order valence-electron chi connectivity index (χ0n) is 13.2. The van der Waals surface area contributed by atoms with Crippen molar-refractivity contribution in [1.29, 1.82) is 0 Å². The molecule has 0 aliphatic carbocycles. The summed E-state index contributed by atoms with van der Waals surface area (Å²) >= 11 is 7.22. The largest absolute Gasteiger partial charge is 0.358 e. The molecule has 6 nitrogen and oxygen atoms in total. The molecule has 0 aliphatic heterocycles. The van der Waals surface area contributed by atoms with Crippen molar-refractivity contribution in [2.24, 2.45) is 5.14 Å². The van der Waals surface area contributed by atoms with Gasteiger partial charge in [-0.05, 0) is 30.3 Å². The van der Waals surface area contributed by atoms with E-state index in [2.05, 4.69) is 10.5 Å². The van der Waals surface area contributed by atoms with Gasteiger partial charge in [-0.2, -0.15) is 17.8 Å². The van der Waals surface area contributed by atoms with Gasteiger partial charge in [-0.1, -0.05) is 23.7 Å². The summed E-state index contributed by atoms with van der Waals surface area (Å²) in [4.78, 5) is 3.68. The van der Waals surface area contributed by atoms with Gasteiger partial charge in [-0.15, -0.1) is 0 Å². The Hall–Kier alpha value is -1.36. The number of aromatic nitrogens is 1. The molecule has 0 bridgehead atoms. The van der Waals surface area contributed by atoms with E-state index in [-0.39, 0.29) is 13.5 Å². The number of rotatable bonds is 6. The number of hydrogen-bond acceptors (Lipinski definition) is 5. The van der Waals surface area contributed by atoms with Crippen LogP contribution in [0.1, 0.15) is 0 Å². The van der Waals surface area contributed by atoms with Crippen molar-refractivity contribution in [2.75, 3.05) is 16.8 Å². The molecule has 25 heavy (non-hydrogen) atoms. The maximum Gasteiger partial charge on any atom is 0.142 e. The minimum Gasteiger partial charge on any atom is -0.358 e. The zero-order chi connectivity index (χ0) is 17.1. The minimum absolute atomic E-state index is 0. The number of nitrogens with zero attached hydrogens (tertiary/aromatic N) is 1. The highest BCUT2D eigenvalue weighted by atomic mass is 35.5. The first-order valence-electron chi connectivity index (χ1n) is 6.91. The van der Waals surface area contributed by atoms with Crippen LogP contribution in [-0.4, -0.2) is 16.2 Å². The van der Waals surface area contributed by atoms with Crippen LogP contribution >= 0.6 is 37.3 Å². The van der Waals surface area contributed by atoms with Crippen molar-refractivity contribution in [1.82, 2.24) is 4.98 Å². The fourth-order valence-corrected chi connectivity index (χ4v) is 3.22. The quantitative estimate of drug-likeness (QED) is 0.322. The number of aromatic amines is 1. The topological polar surface area (TPSA) is 83.4 Å². The molecule has 0 fully saturated rings. The van der Waals surface area contributed by atoms with Gasteiger partial charge in [-0.3, -0.25) is 9.79 Å². The van der Waals surface area contributed by atoms with Crippen LogP contribution in [0.2, 0.25) is 5.02 Å². The van der Waals surface area contributed by atoms with E-state index in [1.165, 1.54) is 0 Å². The molecule has 1 unspecified atom stereocenters. The van der Waals surface area contributed by atoms with Crippen molar-refractivity contribution in [3.8, 4) is 0 Å². The van der Waals surface area contributed by atoms with Crippen LogP contribution in [0.5, 0.6) is 0 Å².